The van der Waals surface area contributed by atoms with Crippen LogP contribution in [0.5, 0.6) is 0 Å². The van der Waals surface area contributed by atoms with Crippen molar-refractivity contribution in [1.29, 1.82) is 0 Å². The van der Waals surface area contributed by atoms with Crippen molar-refractivity contribution in [2.45, 2.75) is 64.2 Å². The Kier molecular flexibility index (Phi) is 7.92. The third-order valence-corrected chi connectivity index (χ3v) is 17.2. The normalized spacial score (nSPS) is 22.6. The van der Waals surface area contributed by atoms with Crippen LogP contribution in [0.4, 0.5) is 0 Å². The topological polar surface area (TPSA) is 35.6 Å². The maximum absolute atomic E-state index is 4.98. The number of nitrogens with zero attached hydrogens (tertiary/aromatic N) is 4. The summed E-state index contributed by atoms with van der Waals surface area (Å²) in [4.78, 5) is 9.89. The number of imidazole rings is 2. The number of fused-ring (bicyclic) bond motifs is 15. The fraction of sp³-hybridized carbons (Fsp3) is 0.206. The summed E-state index contributed by atoms with van der Waals surface area (Å²) in [6, 6.07) is 49.3. The largest absolute Gasteiger partial charge is 0.334 e. The van der Waals surface area contributed by atoms with Crippen molar-refractivity contribution >= 4 is 33.8 Å². The van der Waals surface area contributed by atoms with Crippen LogP contribution in [-0.4, -0.2) is 19.1 Å². The molecule has 8 aromatic rings. The van der Waals surface area contributed by atoms with Gasteiger partial charge in [0.1, 0.15) is 11.6 Å². The summed E-state index contributed by atoms with van der Waals surface area (Å²) in [5.74, 6) is 2.54. The Morgan fingerprint density at radius 3 is 2.19 bits per heavy atom. The fourth-order valence-electron chi connectivity index (χ4n) is 14.1. The monoisotopic (exact) mass is 864 g/mol. The maximum atomic E-state index is 4.98. The highest BCUT2D eigenvalue weighted by atomic mass is 15.1. The molecule has 0 saturated carbocycles. The quantitative estimate of drug-likeness (QED) is 0.177. The van der Waals surface area contributed by atoms with Crippen molar-refractivity contribution in [3.05, 3.63) is 247 Å². The van der Waals surface area contributed by atoms with Gasteiger partial charge in [-0.15, -0.1) is 0 Å². The lowest BCUT2D eigenvalue weighted by molar-refractivity contribution is 0.525. The third-order valence-electron chi connectivity index (χ3n) is 17.2. The van der Waals surface area contributed by atoms with Crippen LogP contribution in [-0.2, 0) is 32.4 Å². The number of allylic oxidation sites excluding steroid dienone is 7. The summed E-state index contributed by atoms with van der Waals surface area (Å²) in [6.45, 7) is 9.16. The smallest absolute Gasteiger partial charge is 0.106 e. The second-order valence-electron chi connectivity index (χ2n) is 20.3. The minimum Gasteiger partial charge on any atom is -0.334 e. The van der Waals surface area contributed by atoms with Crippen LogP contribution in [0.3, 0.4) is 0 Å². The van der Waals surface area contributed by atoms with E-state index in [9.17, 15) is 0 Å². The van der Waals surface area contributed by atoms with Gasteiger partial charge in [0.15, 0.2) is 0 Å². The van der Waals surface area contributed by atoms with E-state index in [0.717, 1.165) is 42.1 Å². The Morgan fingerprint density at radius 1 is 0.642 bits per heavy atom. The molecule has 2 aromatic heterocycles. The van der Waals surface area contributed by atoms with Crippen LogP contribution in [0, 0.1) is 19.3 Å². The van der Waals surface area contributed by atoms with Gasteiger partial charge in [-0.1, -0.05) is 153 Å². The molecule has 0 N–H and O–H groups in total. The number of rotatable bonds is 3. The van der Waals surface area contributed by atoms with Gasteiger partial charge in [0.25, 0.3) is 0 Å². The molecule has 4 unspecified atom stereocenters. The standard InChI is InChI=1S/C63H52N4/c1-36-41(30-33-56-61(36)67(6)38(3)65-56)43-20-13-21-44-48(43)35-62(4)49(40-29-32-55-57(34-40)66(5)37(2)64-55)25-15-26-52(62)59(44)47-22-14-27-53-60(47)46-19-10-12-24-51(46)63(53)50-23-11-9-18-45(50)58-42-17-8-7-16-39(42)28-31-54(58)63/h7-27,29-30,32-34,36,41H,28,31,35H2,1-6H3. The number of aromatic nitrogens is 4. The van der Waals surface area contributed by atoms with E-state index in [2.05, 4.69) is 209 Å². The van der Waals surface area contributed by atoms with E-state index in [-0.39, 0.29) is 22.7 Å². The molecule has 0 saturated heterocycles. The molecule has 2 heterocycles. The first-order valence-corrected chi connectivity index (χ1v) is 24.2. The Balaban J connectivity index is 1.05. The Bertz CT molecular complexity index is 3710. The van der Waals surface area contributed by atoms with E-state index in [4.69, 9.17) is 9.97 Å². The highest BCUT2D eigenvalue weighted by Crippen LogP contribution is 2.66. The van der Waals surface area contributed by atoms with E-state index in [1.54, 1.807) is 5.57 Å². The minimum atomic E-state index is -0.388. The van der Waals surface area contributed by atoms with Gasteiger partial charge in [-0.3, -0.25) is 0 Å². The first kappa shape index (κ1) is 38.9. The van der Waals surface area contributed by atoms with Crippen LogP contribution in [0.1, 0.15) is 116 Å². The molecule has 4 atom stereocenters. The van der Waals surface area contributed by atoms with Gasteiger partial charge >= 0.3 is 0 Å². The second-order valence-corrected chi connectivity index (χ2v) is 20.3. The third kappa shape index (κ3) is 4.93. The van der Waals surface area contributed by atoms with Gasteiger partial charge in [-0.25, -0.2) is 9.97 Å². The van der Waals surface area contributed by atoms with Crippen molar-refractivity contribution in [1.82, 2.24) is 19.1 Å². The van der Waals surface area contributed by atoms with E-state index in [1.165, 1.54) is 106 Å². The number of hydrogen-bond donors (Lipinski definition) is 0. The van der Waals surface area contributed by atoms with Crippen molar-refractivity contribution < 1.29 is 0 Å². The summed E-state index contributed by atoms with van der Waals surface area (Å²) in [5, 5.41) is 0. The predicted molar refractivity (Wildman–Crippen MR) is 274 cm³/mol. The number of aryl methyl sites for hydroxylation is 4. The zero-order chi connectivity index (χ0) is 45.1. The zero-order valence-electron chi connectivity index (χ0n) is 39.1. The lowest BCUT2D eigenvalue weighted by Gasteiger charge is -2.44. The molecule has 67 heavy (non-hydrogen) atoms. The van der Waals surface area contributed by atoms with Crippen LogP contribution >= 0.6 is 0 Å². The molecule has 6 aliphatic carbocycles. The van der Waals surface area contributed by atoms with Gasteiger partial charge in [-0.05, 0) is 152 Å². The summed E-state index contributed by atoms with van der Waals surface area (Å²) in [7, 11) is 4.32. The molecular formula is C63H52N4. The molecular weight excluding hydrogens is 813 g/mol. The lowest BCUT2D eigenvalue weighted by atomic mass is 9.59. The van der Waals surface area contributed by atoms with Crippen LogP contribution < -0.4 is 0 Å². The predicted octanol–water partition coefficient (Wildman–Crippen LogP) is 13.9. The first-order chi connectivity index (χ1) is 32.7. The molecule has 6 aliphatic rings. The molecule has 6 aromatic carbocycles. The summed E-state index contributed by atoms with van der Waals surface area (Å²) in [6.07, 6.45) is 14.9. The molecule has 324 valence electrons. The SMILES string of the molecule is Cc1nc2c(n1C)C(C)C(c1cccc3c1CC1(C)C(c4ccc5nc(C)n(C)c5c4)=CC=CC1=C3c1cccc3c1-c1ccccc1C31C3=C(c4ccccc4CC3)c3ccccc31)C=C2. The van der Waals surface area contributed by atoms with Gasteiger partial charge in [0, 0.05) is 37.0 Å². The Morgan fingerprint density at radius 2 is 1.34 bits per heavy atom. The number of hydrogen-bond acceptors (Lipinski definition) is 2. The molecule has 4 nitrogen and oxygen atoms in total. The maximum Gasteiger partial charge on any atom is 0.106 e. The molecule has 14 rings (SSSR count). The van der Waals surface area contributed by atoms with Gasteiger partial charge in [0.2, 0.25) is 0 Å². The van der Waals surface area contributed by atoms with Crippen molar-refractivity contribution in [2.75, 3.05) is 0 Å². The van der Waals surface area contributed by atoms with E-state index in [0.29, 0.717) is 0 Å². The van der Waals surface area contributed by atoms with E-state index in [1.807, 2.05) is 0 Å². The molecule has 0 bridgehead atoms. The Hall–Kier alpha value is -7.30. The summed E-state index contributed by atoms with van der Waals surface area (Å²) in [5.41, 5.74) is 29.0. The molecule has 0 aliphatic heterocycles. The lowest BCUT2D eigenvalue weighted by Crippen LogP contribution is -2.32. The average Bonchev–Trinajstić information content (AvgIpc) is 4.03. The van der Waals surface area contributed by atoms with E-state index < -0.39 is 0 Å². The highest BCUT2D eigenvalue weighted by Gasteiger charge is 2.55. The number of benzene rings is 6. The van der Waals surface area contributed by atoms with Crippen molar-refractivity contribution in [2.24, 2.45) is 19.5 Å². The van der Waals surface area contributed by atoms with Crippen LogP contribution in [0.25, 0.3) is 45.0 Å². The molecule has 4 heteroatoms. The van der Waals surface area contributed by atoms with E-state index >= 15 is 0 Å². The zero-order valence-corrected chi connectivity index (χ0v) is 39.1. The molecule has 0 amide bonds. The molecule has 1 spiro atoms. The molecule has 0 radical (unpaired) electrons. The first-order valence-electron chi connectivity index (χ1n) is 24.2. The van der Waals surface area contributed by atoms with Crippen molar-refractivity contribution in [3.8, 4) is 11.1 Å². The van der Waals surface area contributed by atoms with Crippen molar-refractivity contribution in [3.63, 3.8) is 0 Å². The van der Waals surface area contributed by atoms with Crippen LogP contribution in [0.2, 0.25) is 0 Å². The minimum absolute atomic E-state index is 0.198. The second kappa shape index (κ2) is 13.6. The average molecular weight is 865 g/mol. The van der Waals surface area contributed by atoms with Gasteiger partial charge in [0.05, 0.1) is 22.1 Å². The Labute approximate surface area is 393 Å². The summed E-state index contributed by atoms with van der Waals surface area (Å²) < 4.78 is 4.54. The molecule has 0 fully saturated rings. The highest BCUT2D eigenvalue weighted by molar-refractivity contribution is 6.05. The summed E-state index contributed by atoms with van der Waals surface area (Å²) >= 11 is 0. The fourth-order valence-corrected chi connectivity index (χ4v) is 14.1. The van der Waals surface area contributed by atoms with Gasteiger partial charge < -0.3 is 9.13 Å². The van der Waals surface area contributed by atoms with Gasteiger partial charge in [-0.2, -0.15) is 0 Å². The van der Waals surface area contributed by atoms with Crippen LogP contribution in [0.15, 0.2) is 163 Å².